The molecule has 3 N–H and O–H groups in total. The fourth-order valence-electron chi connectivity index (χ4n) is 1.23. The van der Waals surface area contributed by atoms with Crippen LogP contribution in [0.5, 0.6) is 11.5 Å². The van der Waals surface area contributed by atoms with E-state index in [1.165, 1.54) is 18.2 Å². The summed E-state index contributed by atoms with van der Waals surface area (Å²) >= 11 is 0. The second-order valence-corrected chi connectivity index (χ2v) is 3.45. The third kappa shape index (κ3) is 3.02. The van der Waals surface area contributed by atoms with Crippen molar-refractivity contribution in [2.45, 2.75) is 20.3 Å². The number of allylic oxidation sites excluding steroid dienone is 1. The normalized spacial score (nSPS) is 11.2. The van der Waals surface area contributed by atoms with Gasteiger partial charge in [0.2, 0.25) is 0 Å². The Bertz CT molecular complexity index is 424. The van der Waals surface area contributed by atoms with Crippen LogP contribution < -0.4 is 5.32 Å². The molecular formula is C12H15NO3. The molecule has 1 rings (SSSR count). The van der Waals surface area contributed by atoms with E-state index in [1.54, 1.807) is 6.92 Å². The monoisotopic (exact) mass is 221 g/mol. The Hall–Kier alpha value is -1.97. The van der Waals surface area contributed by atoms with Crippen LogP contribution in [0.1, 0.15) is 20.3 Å². The average Bonchev–Trinajstić information content (AvgIpc) is 2.24. The van der Waals surface area contributed by atoms with Crippen molar-refractivity contribution in [3.8, 4) is 11.5 Å². The van der Waals surface area contributed by atoms with Gasteiger partial charge in [-0.3, -0.25) is 4.79 Å². The molecule has 1 aromatic carbocycles. The minimum atomic E-state index is -0.255. The van der Waals surface area contributed by atoms with Gasteiger partial charge < -0.3 is 15.5 Å². The van der Waals surface area contributed by atoms with Crippen LogP contribution in [0.15, 0.2) is 29.8 Å². The van der Waals surface area contributed by atoms with Gasteiger partial charge in [-0.2, -0.15) is 0 Å². The van der Waals surface area contributed by atoms with E-state index in [4.69, 9.17) is 5.11 Å². The maximum atomic E-state index is 11.6. The summed E-state index contributed by atoms with van der Waals surface area (Å²) in [6.45, 7) is 3.67. The third-order valence-corrected chi connectivity index (χ3v) is 2.10. The topological polar surface area (TPSA) is 69.6 Å². The van der Waals surface area contributed by atoms with Crippen LogP contribution in [0, 0.1) is 0 Å². The van der Waals surface area contributed by atoms with E-state index in [2.05, 4.69) is 5.32 Å². The molecule has 0 aliphatic rings. The fourth-order valence-corrected chi connectivity index (χ4v) is 1.23. The van der Waals surface area contributed by atoms with Crippen molar-refractivity contribution < 1.29 is 15.0 Å². The highest BCUT2D eigenvalue weighted by Gasteiger charge is 2.06. The number of aromatic hydroxyl groups is 2. The van der Waals surface area contributed by atoms with E-state index in [-0.39, 0.29) is 17.4 Å². The summed E-state index contributed by atoms with van der Waals surface area (Å²) in [5, 5.41) is 21.0. The smallest absolute Gasteiger partial charge is 0.250 e. The van der Waals surface area contributed by atoms with Gasteiger partial charge >= 0.3 is 0 Å². The van der Waals surface area contributed by atoms with Crippen LogP contribution in [0.2, 0.25) is 0 Å². The van der Waals surface area contributed by atoms with Gasteiger partial charge in [-0.1, -0.05) is 13.0 Å². The number of benzene rings is 1. The number of carbonyl (C=O) groups excluding carboxylic acids is 1. The number of amides is 1. The van der Waals surface area contributed by atoms with Gasteiger partial charge in [0, 0.05) is 17.3 Å². The lowest BCUT2D eigenvalue weighted by atomic mass is 10.2. The highest BCUT2D eigenvalue weighted by atomic mass is 16.3. The number of phenols is 2. The van der Waals surface area contributed by atoms with Crippen LogP contribution in [0.4, 0.5) is 5.69 Å². The Morgan fingerprint density at radius 1 is 1.38 bits per heavy atom. The summed E-state index contributed by atoms with van der Waals surface area (Å²) < 4.78 is 0. The first kappa shape index (κ1) is 12.1. The van der Waals surface area contributed by atoms with Gasteiger partial charge in [0.05, 0.1) is 0 Å². The van der Waals surface area contributed by atoms with E-state index in [9.17, 15) is 9.90 Å². The van der Waals surface area contributed by atoms with Crippen molar-refractivity contribution in [3.63, 3.8) is 0 Å². The van der Waals surface area contributed by atoms with Crippen LogP contribution in [0.3, 0.4) is 0 Å². The Morgan fingerprint density at radius 3 is 2.62 bits per heavy atom. The zero-order valence-electron chi connectivity index (χ0n) is 9.32. The summed E-state index contributed by atoms with van der Waals surface area (Å²) in [6.07, 6.45) is 2.61. The van der Waals surface area contributed by atoms with Gasteiger partial charge in [-0.05, 0) is 25.5 Å². The molecule has 0 bridgehead atoms. The molecular weight excluding hydrogens is 206 g/mol. The molecule has 0 unspecified atom stereocenters. The molecule has 4 heteroatoms. The molecule has 4 nitrogen and oxygen atoms in total. The zero-order chi connectivity index (χ0) is 12.1. The van der Waals surface area contributed by atoms with E-state index >= 15 is 0 Å². The Morgan fingerprint density at radius 2 is 2.06 bits per heavy atom. The summed E-state index contributed by atoms with van der Waals surface area (Å²) in [5.74, 6) is -0.680. The van der Waals surface area contributed by atoms with Crippen LogP contribution in [-0.4, -0.2) is 16.1 Å². The number of hydrogen-bond donors (Lipinski definition) is 3. The van der Waals surface area contributed by atoms with Crippen molar-refractivity contribution >= 4 is 11.6 Å². The molecule has 0 aromatic heterocycles. The predicted octanol–water partition coefficient (Wildman–Crippen LogP) is 2.39. The SMILES string of the molecule is CCC=C(C)C(=O)Nc1ccc(O)c(O)c1. The number of nitrogens with one attached hydrogen (secondary N) is 1. The molecule has 0 aliphatic carbocycles. The van der Waals surface area contributed by atoms with Crippen molar-refractivity contribution in [3.05, 3.63) is 29.8 Å². The van der Waals surface area contributed by atoms with E-state index in [1.807, 2.05) is 13.0 Å². The number of hydrogen-bond acceptors (Lipinski definition) is 3. The van der Waals surface area contributed by atoms with Gasteiger partial charge in [-0.15, -0.1) is 0 Å². The lowest BCUT2D eigenvalue weighted by Crippen LogP contribution is -2.12. The lowest BCUT2D eigenvalue weighted by molar-refractivity contribution is -0.112. The molecule has 0 fully saturated rings. The van der Waals surface area contributed by atoms with E-state index in [0.29, 0.717) is 11.3 Å². The van der Waals surface area contributed by atoms with Gasteiger partial charge in [0.15, 0.2) is 11.5 Å². The van der Waals surface area contributed by atoms with Crippen LogP contribution in [0.25, 0.3) is 0 Å². The number of carbonyl (C=O) groups is 1. The molecule has 0 atom stereocenters. The first-order valence-corrected chi connectivity index (χ1v) is 5.04. The molecule has 16 heavy (non-hydrogen) atoms. The van der Waals surface area contributed by atoms with Crippen molar-refractivity contribution in [1.29, 1.82) is 0 Å². The molecule has 1 aromatic rings. The molecule has 0 saturated heterocycles. The van der Waals surface area contributed by atoms with Crippen LogP contribution >= 0.6 is 0 Å². The highest BCUT2D eigenvalue weighted by molar-refractivity contribution is 6.03. The Labute approximate surface area is 94.2 Å². The summed E-state index contributed by atoms with van der Waals surface area (Å²) in [6, 6.07) is 4.14. The van der Waals surface area contributed by atoms with Gasteiger partial charge in [0.25, 0.3) is 5.91 Å². The first-order valence-electron chi connectivity index (χ1n) is 5.04. The molecule has 0 aliphatic heterocycles. The number of rotatable bonds is 3. The minimum Gasteiger partial charge on any atom is -0.504 e. The molecule has 86 valence electrons. The maximum absolute atomic E-state index is 11.6. The van der Waals surface area contributed by atoms with Crippen molar-refractivity contribution in [2.75, 3.05) is 5.32 Å². The van der Waals surface area contributed by atoms with Crippen molar-refractivity contribution in [2.24, 2.45) is 0 Å². The maximum Gasteiger partial charge on any atom is 0.250 e. The minimum absolute atomic E-state index is 0.209. The predicted molar refractivity (Wildman–Crippen MR) is 62.4 cm³/mol. The highest BCUT2D eigenvalue weighted by Crippen LogP contribution is 2.27. The number of anilines is 1. The average molecular weight is 221 g/mol. The Kier molecular flexibility index (Phi) is 3.94. The van der Waals surface area contributed by atoms with E-state index < -0.39 is 0 Å². The van der Waals surface area contributed by atoms with Crippen LogP contribution in [-0.2, 0) is 4.79 Å². The molecule has 0 spiro atoms. The zero-order valence-corrected chi connectivity index (χ0v) is 9.32. The molecule has 0 radical (unpaired) electrons. The Balaban J connectivity index is 2.77. The first-order chi connectivity index (χ1) is 7.54. The second kappa shape index (κ2) is 5.21. The van der Waals surface area contributed by atoms with Gasteiger partial charge in [0.1, 0.15) is 0 Å². The summed E-state index contributed by atoms with van der Waals surface area (Å²) in [7, 11) is 0. The molecule has 0 saturated carbocycles. The van der Waals surface area contributed by atoms with Crippen molar-refractivity contribution in [1.82, 2.24) is 0 Å². The molecule has 1 amide bonds. The largest absolute Gasteiger partial charge is 0.504 e. The standard InChI is InChI=1S/C12H15NO3/c1-3-4-8(2)12(16)13-9-5-6-10(14)11(15)7-9/h4-7,14-15H,3H2,1-2H3,(H,13,16). The summed E-state index contributed by atoms with van der Waals surface area (Å²) in [4.78, 5) is 11.6. The second-order valence-electron chi connectivity index (χ2n) is 3.45. The number of phenolic OH excluding ortho intramolecular Hbond substituents is 2. The van der Waals surface area contributed by atoms with E-state index in [0.717, 1.165) is 6.42 Å². The lowest BCUT2D eigenvalue weighted by Gasteiger charge is -2.06. The molecule has 0 heterocycles. The summed E-state index contributed by atoms with van der Waals surface area (Å²) in [5.41, 5.74) is 1.07. The third-order valence-electron chi connectivity index (χ3n) is 2.10. The quantitative estimate of drug-likeness (QED) is 0.417. The van der Waals surface area contributed by atoms with Gasteiger partial charge in [-0.25, -0.2) is 0 Å². The fraction of sp³-hybridized carbons (Fsp3) is 0.250.